The summed E-state index contributed by atoms with van der Waals surface area (Å²) in [5.74, 6) is -14.4. The molecule has 2 aromatic carbocycles. The molecule has 0 saturated carbocycles. The Balaban J connectivity index is 2.29. The smallest absolute Gasteiger partial charge is 0.478 e. The van der Waals surface area contributed by atoms with Crippen LogP contribution in [-0.2, 0) is 20.2 Å². The fourth-order valence-corrected chi connectivity index (χ4v) is 3.02. The van der Waals surface area contributed by atoms with E-state index in [9.17, 15) is 61.9 Å². The lowest BCUT2D eigenvalue weighted by atomic mass is 10.1. The summed E-state index contributed by atoms with van der Waals surface area (Å²) in [6.07, 6.45) is -28.0. The van der Waals surface area contributed by atoms with E-state index in [1.54, 1.807) is 16.9 Å². The van der Waals surface area contributed by atoms with Gasteiger partial charge in [0.15, 0.2) is 5.60 Å². The average Bonchev–Trinajstić information content (AvgIpc) is 2.78. The summed E-state index contributed by atoms with van der Waals surface area (Å²) in [7, 11) is 0. The van der Waals surface area contributed by atoms with E-state index >= 15 is 0 Å². The molecule has 0 spiro atoms. The predicted octanol–water partition coefficient (Wildman–Crippen LogP) is 8.30. The normalized spacial score (nSPS) is 14.1. The number of rotatable bonds is 11. The van der Waals surface area contributed by atoms with Crippen LogP contribution in [-0.4, -0.2) is 42.1 Å². The molecule has 0 aliphatic rings. The van der Waals surface area contributed by atoms with E-state index < -0.39 is 59.3 Å². The summed E-state index contributed by atoms with van der Waals surface area (Å²) in [5, 5.41) is 2.01. The summed E-state index contributed by atoms with van der Waals surface area (Å²) in [6.45, 7) is 2.43. The molecule has 0 aliphatic heterocycles. The average molecular weight is 684 g/mol. The van der Waals surface area contributed by atoms with Crippen LogP contribution in [0, 0.1) is 0 Å². The monoisotopic (exact) mass is 683 g/mol. The van der Waals surface area contributed by atoms with E-state index in [1.807, 2.05) is 5.32 Å². The highest BCUT2D eigenvalue weighted by Gasteiger charge is 2.80. The van der Waals surface area contributed by atoms with Gasteiger partial charge < -0.3 is 10.1 Å². The zero-order valence-electron chi connectivity index (χ0n) is 20.0. The number of carbonyl (C=O) groups excluding carboxylic acids is 1. The third kappa shape index (κ3) is 7.73. The SMILES string of the molecule is CC(C)(Oc1ccc(Br)cc1)C(=O)Nc1cccc(C(F)(F)C(F)(F)OC(F)(F)C(F)(F)C(F)(F)OC(F)(F)F)c1. The Hall–Kier alpha value is -2.80. The molecule has 0 atom stereocenters. The first kappa shape index (κ1) is 34.4. The number of carbonyl (C=O) groups is 1. The van der Waals surface area contributed by atoms with E-state index in [0.29, 0.717) is 10.5 Å². The third-order valence-corrected chi connectivity index (χ3v) is 5.34. The molecule has 1 amide bonds. The van der Waals surface area contributed by atoms with Crippen LogP contribution in [0.15, 0.2) is 53.0 Å². The molecule has 19 heteroatoms. The second kappa shape index (κ2) is 11.1. The topological polar surface area (TPSA) is 56.8 Å². The lowest BCUT2D eigenvalue weighted by Gasteiger charge is -2.35. The molecule has 0 bridgehead atoms. The fourth-order valence-electron chi connectivity index (χ4n) is 2.75. The number of amides is 1. The number of halogens is 14. The maximum atomic E-state index is 14.5. The Labute approximate surface area is 229 Å². The highest BCUT2D eigenvalue weighted by atomic mass is 79.9. The molecule has 5 nitrogen and oxygen atoms in total. The number of nitrogens with one attached hydrogen (secondary N) is 1. The molecule has 41 heavy (non-hydrogen) atoms. The van der Waals surface area contributed by atoms with Crippen LogP contribution >= 0.6 is 15.9 Å². The molecular weight excluding hydrogens is 669 g/mol. The molecule has 2 aromatic rings. The Bertz CT molecular complexity index is 1230. The second-order valence-corrected chi connectivity index (χ2v) is 9.37. The van der Waals surface area contributed by atoms with Gasteiger partial charge in [0, 0.05) is 15.7 Å². The van der Waals surface area contributed by atoms with Crippen molar-refractivity contribution in [3.8, 4) is 5.75 Å². The third-order valence-electron chi connectivity index (χ3n) is 4.81. The van der Waals surface area contributed by atoms with E-state index in [1.165, 1.54) is 26.0 Å². The Kier molecular flexibility index (Phi) is 9.33. The zero-order chi connectivity index (χ0) is 31.9. The van der Waals surface area contributed by atoms with Crippen molar-refractivity contribution in [2.75, 3.05) is 5.32 Å². The van der Waals surface area contributed by atoms with Gasteiger partial charge in [-0.15, -0.1) is 13.2 Å². The fraction of sp³-hybridized carbons (Fsp3) is 0.409. The first-order chi connectivity index (χ1) is 18.2. The van der Waals surface area contributed by atoms with E-state index in [4.69, 9.17) is 4.74 Å². The van der Waals surface area contributed by atoms with Gasteiger partial charge >= 0.3 is 36.5 Å². The molecule has 0 heterocycles. The van der Waals surface area contributed by atoms with Gasteiger partial charge in [-0.05, 0) is 50.2 Å². The van der Waals surface area contributed by atoms with Crippen LogP contribution in [0.1, 0.15) is 19.4 Å². The number of ether oxygens (including phenoxy) is 3. The standard InChI is InChI=1S/C22H15BrF13NO4/c1-16(2,39-14-8-6-12(23)7-9-14)15(38)37-13-5-3-4-11(10-13)17(24,25)19(28,29)40-20(30,31)18(26,27)21(32,33)41-22(34,35)36/h3-10H,1-2H3,(H,37,38). The molecular formula is C22H15BrF13NO4. The lowest BCUT2D eigenvalue weighted by molar-refractivity contribution is -0.535. The van der Waals surface area contributed by atoms with Gasteiger partial charge in [-0.2, -0.15) is 43.9 Å². The number of benzene rings is 2. The minimum absolute atomic E-state index is 0.0720. The molecule has 0 radical (unpaired) electrons. The van der Waals surface area contributed by atoms with Crippen molar-refractivity contribution in [2.24, 2.45) is 0 Å². The zero-order valence-corrected chi connectivity index (χ0v) is 21.6. The summed E-state index contributed by atoms with van der Waals surface area (Å²) in [4.78, 5) is 12.6. The molecule has 0 saturated heterocycles. The number of hydrogen-bond donors (Lipinski definition) is 1. The van der Waals surface area contributed by atoms with Gasteiger partial charge in [0.1, 0.15) is 5.75 Å². The maximum Gasteiger partial charge on any atom is 0.527 e. The maximum absolute atomic E-state index is 14.5. The first-order valence-corrected chi connectivity index (χ1v) is 11.3. The molecule has 0 aliphatic carbocycles. The summed E-state index contributed by atoms with van der Waals surface area (Å²) < 4.78 is 183. The summed E-state index contributed by atoms with van der Waals surface area (Å²) >= 11 is 3.16. The predicted molar refractivity (Wildman–Crippen MR) is 116 cm³/mol. The van der Waals surface area contributed by atoms with Gasteiger partial charge in [-0.1, -0.05) is 28.1 Å². The molecule has 1 N–H and O–H groups in total. The Morgan fingerprint density at radius 3 is 1.76 bits per heavy atom. The van der Waals surface area contributed by atoms with Crippen LogP contribution in [0.5, 0.6) is 5.75 Å². The number of anilines is 1. The van der Waals surface area contributed by atoms with Crippen molar-refractivity contribution >= 4 is 27.5 Å². The van der Waals surface area contributed by atoms with Crippen LogP contribution in [0.3, 0.4) is 0 Å². The van der Waals surface area contributed by atoms with Crippen LogP contribution < -0.4 is 10.1 Å². The van der Waals surface area contributed by atoms with Crippen molar-refractivity contribution in [3.63, 3.8) is 0 Å². The van der Waals surface area contributed by atoms with Crippen molar-refractivity contribution in [1.82, 2.24) is 0 Å². The molecule has 0 aromatic heterocycles. The molecule has 0 unspecified atom stereocenters. The quantitative estimate of drug-likeness (QED) is 0.242. The second-order valence-electron chi connectivity index (χ2n) is 8.45. The van der Waals surface area contributed by atoms with Crippen LogP contribution in [0.4, 0.5) is 62.8 Å². The first-order valence-electron chi connectivity index (χ1n) is 10.5. The number of alkyl halides is 13. The minimum atomic E-state index is -7.54. The van der Waals surface area contributed by atoms with E-state index in [0.717, 1.165) is 6.07 Å². The van der Waals surface area contributed by atoms with Gasteiger partial charge in [-0.3, -0.25) is 4.79 Å². The highest BCUT2D eigenvalue weighted by Crippen LogP contribution is 2.54. The molecule has 2 rings (SSSR count). The van der Waals surface area contributed by atoms with Crippen LogP contribution in [0.25, 0.3) is 0 Å². The van der Waals surface area contributed by atoms with Gasteiger partial charge in [-0.25, -0.2) is 9.47 Å². The largest absolute Gasteiger partial charge is 0.527 e. The molecule has 230 valence electrons. The highest BCUT2D eigenvalue weighted by molar-refractivity contribution is 9.10. The number of hydrogen-bond acceptors (Lipinski definition) is 4. The van der Waals surface area contributed by atoms with Crippen molar-refractivity contribution in [3.05, 3.63) is 58.6 Å². The Morgan fingerprint density at radius 2 is 1.24 bits per heavy atom. The van der Waals surface area contributed by atoms with E-state index in [-0.39, 0.29) is 17.9 Å². The summed E-state index contributed by atoms with van der Waals surface area (Å²) in [6, 6.07) is 7.59. The van der Waals surface area contributed by atoms with Crippen LogP contribution in [0.2, 0.25) is 0 Å². The van der Waals surface area contributed by atoms with Gasteiger partial charge in [0.05, 0.1) is 0 Å². The van der Waals surface area contributed by atoms with Gasteiger partial charge in [0.2, 0.25) is 0 Å². The minimum Gasteiger partial charge on any atom is -0.478 e. The molecule has 0 fully saturated rings. The van der Waals surface area contributed by atoms with E-state index in [2.05, 4.69) is 20.7 Å². The van der Waals surface area contributed by atoms with Crippen molar-refractivity contribution in [1.29, 1.82) is 0 Å². The lowest BCUT2D eigenvalue weighted by Crippen LogP contribution is -2.61. The van der Waals surface area contributed by atoms with Gasteiger partial charge in [0.25, 0.3) is 5.91 Å². The summed E-state index contributed by atoms with van der Waals surface area (Å²) in [5.41, 5.74) is -4.39. The van der Waals surface area contributed by atoms with Crippen molar-refractivity contribution in [2.45, 2.75) is 56.0 Å². The Morgan fingerprint density at radius 1 is 0.732 bits per heavy atom. The van der Waals surface area contributed by atoms with Crippen molar-refractivity contribution < 1.29 is 76.1 Å².